The monoisotopic (exact) mass is 551 g/mol. The lowest BCUT2D eigenvalue weighted by Gasteiger charge is -2.26. The summed E-state index contributed by atoms with van der Waals surface area (Å²) in [6.07, 6.45) is -0.615. The molecular weight excluding hydrogens is 514 g/mol. The van der Waals surface area contributed by atoms with Crippen LogP contribution >= 0.6 is 0 Å². The van der Waals surface area contributed by atoms with E-state index in [4.69, 9.17) is 19.3 Å². The average molecular weight is 552 g/mol. The summed E-state index contributed by atoms with van der Waals surface area (Å²) < 4.78 is 17.3. The minimum atomic E-state index is -0.555. The molecule has 0 aromatic heterocycles. The standard InChI is InChI=1S/C30H37N3O7/c1-16-24(17-7-6-8-19(11-17)38-10-9-34)20-12-18(13-21(26(20)39-16)28(36)31-5)27(35)32-25-22-14-33(15-23(22)25)29(37)40-30(2,3)4/h6-8,11-13,16,22-25,34H,9-10,14-15H2,1-5H3,(H,31,36)(H,32,35)/t16-,22-,23+,24+,25?/m1/s1. The molecule has 0 radical (unpaired) electrons. The Hall–Kier alpha value is -3.79. The van der Waals surface area contributed by atoms with Crippen molar-refractivity contribution < 1.29 is 33.7 Å². The largest absolute Gasteiger partial charge is 0.491 e. The fourth-order valence-electron chi connectivity index (χ4n) is 5.82. The van der Waals surface area contributed by atoms with Gasteiger partial charge in [-0.3, -0.25) is 9.59 Å². The summed E-state index contributed by atoms with van der Waals surface area (Å²) in [6, 6.07) is 10.9. The van der Waals surface area contributed by atoms with Crippen molar-refractivity contribution in [2.45, 2.75) is 51.4 Å². The molecule has 40 heavy (non-hydrogen) atoms. The third-order valence-corrected chi connectivity index (χ3v) is 7.68. The zero-order valence-electron chi connectivity index (χ0n) is 23.5. The lowest BCUT2D eigenvalue weighted by atomic mass is 9.86. The van der Waals surface area contributed by atoms with E-state index in [9.17, 15) is 14.4 Å². The third kappa shape index (κ3) is 5.45. The molecule has 5 atom stereocenters. The maximum atomic E-state index is 13.5. The van der Waals surface area contributed by atoms with Crippen LogP contribution in [0.25, 0.3) is 0 Å². The van der Waals surface area contributed by atoms with Crippen molar-refractivity contribution in [3.63, 3.8) is 0 Å². The highest BCUT2D eigenvalue weighted by molar-refractivity contribution is 6.02. The lowest BCUT2D eigenvalue weighted by molar-refractivity contribution is 0.0269. The number of piperidine rings is 1. The van der Waals surface area contributed by atoms with Crippen molar-refractivity contribution in [1.82, 2.24) is 15.5 Å². The Labute approximate surface area is 234 Å². The van der Waals surface area contributed by atoms with Crippen molar-refractivity contribution in [1.29, 1.82) is 0 Å². The van der Waals surface area contributed by atoms with Gasteiger partial charge in [-0.2, -0.15) is 0 Å². The Bertz CT molecular complexity index is 1310. The predicted molar refractivity (Wildman–Crippen MR) is 147 cm³/mol. The fraction of sp³-hybridized carbons (Fsp3) is 0.500. The number of carbonyl (C=O) groups is 3. The number of nitrogens with one attached hydrogen (secondary N) is 2. The molecular formula is C30H37N3O7. The molecule has 0 spiro atoms. The van der Waals surface area contributed by atoms with Crippen LogP contribution in [0, 0.1) is 11.8 Å². The number of ether oxygens (including phenoxy) is 3. The second-order valence-electron chi connectivity index (χ2n) is 11.7. The Kier molecular flexibility index (Phi) is 7.39. The first kappa shape index (κ1) is 27.8. The number of nitrogens with zero attached hydrogens (tertiary/aromatic N) is 1. The van der Waals surface area contributed by atoms with Crippen molar-refractivity contribution in [3.05, 3.63) is 58.7 Å². The van der Waals surface area contributed by atoms with Gasteiger partial charge in [-0.05, 0) is 57.5 Å². The summed E-state index contributed by atoms with van der Waals surface area (Å²) in [5.74, 6) is 0.611. The van der Waals surface area contributed by atoms with Gasteiger partial charge in [-0.25, -0.2) is 4.79 Å². The summed E-state index contributed by atoms with van der Waals surface area (Å²) in [4.78, 5) is 40.4. The summed E-state index contributed by atoms with van der Waals surface area (Å²) in [5.41, 5.74) is 1.80. The van der Waals surface area contributed by atoms with Gasteiger partial charge in [0, 0.05) is 55.1 Å². The Balaban J connectivity index is 1.36. The number of benzene rings is 2. The highest BCUT2D eigenvalue weighted by Crippen LogP contribution is 2.47. The predicted octanol–water partition coefficient (Wildman–Crippen LogP) is 2.93. The summed E-state index contributed by atoms with van der Waals surface area (Å²) in [6.45, 7) is 8.62. The Morgan fingerprint density at radius 2 is 1.82 bits per heavy atom. The lowest BCUT2D eigenvalue weighted by Crippen LogP contribution is -2.40. The highest BCUT2D eigenvalue weighted by Gasteiger charge is 2.58. The molecule has 1 saturated carbocycles. The van der Waals surface area contributed by atoms with Gasteiger partial charge in [0.1, 0.15) is 29.8 Å². The zero-order chi connectivity index (χ0) is 28.8. The number of likely N-dealkylation sites (tertiary alicyclic amines) is 1. The van der Waals surface area contributed by atoms with E-state index in [2.05, 4.69) is 10.6 Å². The molecule has 3 N–H and O–H groups in total. The maximum absolute atomic E-state index is 13.5. The van der Waals surface area contributed by atoms with Crippen LogP contribution < -0.4 is 20.1 Å². The van der Waals surface area contributed by atoms with Gasteiger partial charge in [-0.15, -0.1) is 0 Å². The first-order valence-corrected chi connectivity index (χ1v) is 13.7. The number of hydrogen-bond donors (Lipinski definition) is 3. The highest BCUT2D eigenvalue weighted by atomic mass is 16.6. The van der Waals surface area contributed by atoms with E-state index in [1.807, 2.05) is 52.0 Å². The van der Waals surface area contributed by atoms with Crippen molar-refractivity contribution in [2.75, 3.05) is 33.4 Å². The number of hydrogen-bond acceptors (Lipinski definition) is 7. The molecule has 3 aliphatic rings. The SMILES string of the molecule is CNC(=O)c1cc(C(=O)NC2[C@H]3CN(C(=O)OC(C)(C)C)C[C@@H]23)cc2c1O[C@H](C)[C@H]2c1cccc(OCCO)c1. The summed E-state index contributed by atoms with van der Waals surface area (Å²) in [5, 5.41) is 14.9. The number of aliphatic hydroxyl groups excluding tert-OH is 1. The molecule has 1 aliphatic carbocycles. The van der Waals surface area contributed by atoms with Crippen molar-refractivity contribution >= 4 is 17.9 Å². The van der Waals surface area contributed by atoms with Crippen LogP contribution in [0.4, 0.5) is 4.79 Å². The van der Waals surface area contributed by atoms with Crippen LogP contribution in [0.3, 0.4) is 0 Å². The van der Waals surface area contributed by atoms with Crippen molar-refractivity contribution in [3.8, 4) is 11.5 Å². The molecule has 2 aliphatic heterocycles. The van der Waals surface area contributed by atoms with Gasteiger partial charge in [-0.1, -0.05) is 12.1 Å². The normalized spacial score (nSPS) is 24.4. The molecule has 10 heteroatoms. The number of amides is 3. The Morgan fingerprint density at radius 1 is 1.10 bits per heavy atom. The number of carbonyl (C=O) groups excluding carboxylic acids is 3. The topological polar surface area (TPSA) is 126 Å². The molecule has 5 rings (SSSR count). The van der Waals surface area contributed by atoms with Gasteiger partial charge in [0.2, 0.25) is 0 Å². The van der Waals surface area contributed by atoms with Gasteiger partial charge < -0.3 is 34.9 Å². The zero-order valence-corrected chi connectivity index (χ0v) is 23.5. The van der Waals surface area contributed by atoms with Crippen LogP contribution in [0.1, 0.15) is 65.5 Å². The molecule has 2 aromatic carbocycles. The first-order chi connectivity index (χ1) is 19.0. The average Bonchev–Trinajstić information content (AvgIpc) is 3.22. The first-order valence-electron chi connectivity index (χ1n) is 13.7. The molecule has 10 nitrogen and oxygen atoms in total. The van der Waals surface area contributed by atoms with Gasteiger partial charge >= 0.3 is 6.09 Å². The van der Waals surface area contributed by atoms with E-state index in [-0.39, 0.29) is 61.0 Å². The van der Waals surface area contributed by atoms with E-state index in [1.54, 1.807) is 24.1 Å². The number of aliphatic hydroxyl groups is 1. The van der Waals surface area contributed by atoms with Crippen LogP contribution in [-0.2, 0) is 4.74 Å². The van der Waals surface area contributed by atoms with Gasteiger partial charge in [0.05, 0.1) is 12.2 Å². The Morgan fingerprint density at radius 3 is 2.48 bits per heavy atom. The van der Waals surface area contributed by atoms with E-state index < -0.39 is 5.60 Å². The molecule has 2 fully saturated rings. The van der Waals surface area contributed by atoms with E-state index in [0.717, 1.165) is 11.1 Å². The molecule has 0 bridgehead atoms. The molecule has 3 amide bonds. The fourth-order valence-corrected chi connectivity index (χ4v) is 5.82. The van der Waals surface area contributed by atoms with Crippen LogP contribution in [-0.4, -0.2) is 79.0 Å². The van der Waals surface area contributed by atoms with Crippen LogP contribution in [0.5, 0.6) is 11.5 Å². The maximum Gasteiger partial charge on any atom is 0.410 e. The second-order valence-corrected chi connectivity index (χ2v) is 11.7. The van der Waals surface area contributed by atoms with E-state index in [0.29, 0.717) is 35.7 Å². The smallest absolute Gasteiger partial charge is 0.410 e. The van der Waals surface area contributed by atoms with Crippen molar-refractivity contribution in [2.24, 2.45) is 11.8 Å². The second kappa shape index (κ2) is 10.6. The van der Waals surface area contributed by atoms with Gasteiger partial charge in [0.15, 0.2) is 0 Å². The molecule has 2 aromatic rings. The molecule has 214 valence electrons. The number of fused-ring (bicyclic) bond motifs is 2. The van der Waals surface area contributed by atoms with Gasteiger partial charge in [0.25, 0.3) is 11.8 Å². The number of rotatable bonds is 7. The minimum absolute atomic E-state index is 0.0331. The van der Waals surface area contributed by atoms with E-state index >= 15 is 0 Å². The van der Waals surface area contributed by atoms with E-state index in [1.165, 1.54) is 0 Å². The minimum Gasteiger partial charge on any atom is -0.491 e. The molecule has 1 unspecified atom stereocenters. The van der Waals surface area contributed by atoms with Crippen LogP contribution in [0.15, 0.2) is 36.4 Å². The van der Waals surface area contributed by atoms with Crippen LogP contribution in [0.2, 0.25) is 0 Å². The quantitative estimate of drug-likeness (QED) is 0.483. The molecule has 1 saturated heterocycles. The summed E-state index contributed by atoms with van der Waals surface area (Å²) >= 11 is 0. The molecule has 2 heterocycles. The third-order valence-electron chi connectivity index (χ3n) is 7.68. The summed E-state index contributed by atoms with van der Waals surface area (Å²) in [7, 11) is 1.54.